The number of rotatable bonds is 4. The van der Waals surface area contributed by atoms with Crippen LogP contribution in [0, 0.1) is 0 Å². The molecule has 1 aliphatic rings. The van der Waals surface area contributed by atoms with Gasteiger partial charge in [0.25, 0.3) is 0 Å². The van der Waals surface area contributed by atoms with Gasteiger partial charge in [0.15, 0.2) is 0 Å². The number of likely N-dealkylation sites (tertiary alicyclic amines) is 1. The van der Waals surface area contributed by atoms with Gasteiger partial charge in [-0.2, -0.15) is 0 Å². The minimum absolute atomic E-state index is 0.108. The molecule has 2 rings (SSSR count). The summed E-state index contributed by atoms with van der Waals surface area (Å²) in [6, 6.07) is 9.76. The lowest BCUT2D eigenvalue weighted by Crippen LogP contribution is -2.43. The number of hydrogen-bond donors (Lipinski definition) is 1. The Morgan fingerprint density at radius 2 is 2.00 bits per heavy atom. The van der Waals surface area contributed by atoms with Crippen molar-refractivity contribution in [1.82, 2.24) is 10.2 Å². The van der Waals surface area contributed by atoms with E-state index in [2.05, 4.69) is 12.2 Å². The zero-order valence-electron chi connectivity index (χ0n) is 12.8. The molecule has 0 saturated carbocycles. The number of carbonyl (C=O) groups is 2. The molecule has 1 fully saturated rings. The number of benzene rings is 1. The summed E-state index contributed by atoms with van der Waals surface area (Å²) in [6.07, 6.45) is 3.67. The molecule has 1 aliphatic heterocycles. The number of amides is 2. The molecule has 4 nitrogen and oxygen atoms in total. The Morgan fingerprint density at radius 1 is 1.29 bits per heavy atom. The molecule has 0 spiro atoms. The smallest absolute Gasteiger partial charge is 0.225 e. The standard InChI is InChI=1S/C17H24N2O2/c1-13-8-6-7-11-19(13)17(21)12-16(18-14(2)20)15-9-4-3-5-10-15/h3-5,9-10,13,16H,6-8,11-12H2,1-2H3,(H,18,20). The first kappa shape index (κ1) is 15.5. The summed E-state index contributed by atoms with van der Waals surface area (Å²) in [7, 11) is 0. The van der Waals surface area contributed by atoms with Gasteiger partial charge in [-0.15, -0.1) is 0 Å². The van der Waals surface area contributed by atoms with Gasteiger partial charge in [-0.25, -0.2) is 0 Å². The molecule has 2 atom stereocenters. The molecule has 1 aromatic rings. The first-order chi connectivity index (χ1) is 10.1. The maximum Gasteiger partial charge on any atom is 0.225 e. The molecule has 0 aromatic heterocycles. The molecule has 1 saturated heterocycles. The highest BCUT2D eigenvalue weighted by atomic mass is 16.2. The molecular formula is C17H24N2O2. The van der Waals surface area contributed by atoms with E-state index in [-0.39, 0.29) is 17.9 Å². The number of hydrogen-bond acceptors (Lipinski definition) is 2. The van der Waals surface area contributed by atoms with Gasteiger partial charge in [-0.3, -0.25) is 9.59 Å². The predicted molar refractivity (Wildman–Crippen MR) is 82.6 cm³/mol. The van der Waals surface area contributed by atoms with Gasteiger partial charge in [-0.1, -0.05) is 30.3 Å². The maximum atomic E-state index is 12.5. The molecule has 0 aliphatic carbocycles. The normalized spacial score (nSPS) is 19.9. The Balaban J connectivity index is 2.07. The zero-order chi connectivity index (χ0) is 15.2. The third-order valence-corrected chi connectivity index (χ3v) is 4.08. The monoisotopic (exact) mass is 288 g/mol. The van der Waals surface area contributed by atoms with Gasteiger partial charge >= 0.3 is 0 Å². The van der Waals surface area contributed by atoms with E-state index < -0.39 is 0 Å². The van der Waals surface area contributed by atoms with Gasteiger partial charge in [0.2, 0.25) is 11.8 Å². The van der Waals surface area contributed by atoms with Gasteiger partial charge in [0, 0.05) is 19.5 Å². The lowest BCUT2D eigenvalue weighted by Gasteiger charge is -2.34. The SMILES string of the molecule is CC(=O)NC(CC(=O)N1CCCCC1C)c1ccccc1. The number of nitrogens with one attached hydrogen (secondary N) is 1. The van der Waals surface area contributed by atoms with Crippen molar-refractivity contribution in [2.45, 2.75) is 51.6 Å². The fourth-order valence-corrected chi connectivity index (χ4v) is 2.94. The van der Waals surface area contributed by atoms with Crippen molar-refractivity contribution in [2.75, 3.05) is 6.54 Å². The van der Waals surface area contributed by atoms with Gasteiger partial charge < -0.3 is 10.2 Å². The molecular weight excluding hydrogens is 264 g/mol. The third kappa shape index (κ3) is 4.31. The van der Waals surface area contributed by atoms with Crippen molar-refractivity contribution in [3.8, 4) is 0 Å². The third-order valence-electron chi connectivity index (χ3n) is 4.08. The van der Waals surface area contributed by atoms with E-state index in [4.69, 9.17) is 0 Å². The second kappa shape index (κ2) is 7.25. The first-order valence-corrected chi connectivity index (χ1v) is 7.69. The van der Waals surface area contributed by atoms with Crippen molar-refractivity contribution in [3.63, 3.8) is 0 Å². The zero-order valence-corrected chi connectivity index (χ0v) is 12.8. The van der Waals surface area contributed by atoms with E-state index in [1.807, 2.05) is 35.2 Å². The highest BCUT2D eigenvalue weighted by molar-refractivity contribution is 5.79. The van der Waals surface area contributed by atoms with Crippen molar-refractivity contribution in [3.05, 3.63) is 35.9 Å². The molecule has 2 unspecified atom stereocenters. The fraction of sp³-hybridized carbons (Fsp3) is 0.529. The van der Waals surface area contributed by atoms with Crippen molar-refractivity contribution >= 4 is 11.8 Å². The minimum Gasteiger partial charge on any atom is -0.349 e. The summed E-state index contributed by atoms with van der Waals surface area (Å²) >= 11 is 0. The van der Waals surface area contributed by atoms with Crippen LogP contribution < -0.4 is 5.32 Å². The highest BCUT2D eigenvalue weighted by Crippen LogP contribution is 2.22. The predicted octanol–water partition coefficient (Wildman–Crippen LogP) is 2.65. The largest absolute Gasteiger partial charge is 0.349 e. The van der Waals surface area contributed by atoms with Crippen molar-refractivity contribution < 1.29 is 9.59 Å². The number of carbonyl (C=O) groups excluding carboxylic acids is 2. The molecule has 0 radical (unpaired) electrons. The average Bonchev–Trinajstić information content (AvgIpc) is 2.47. The number of piperidine rings is 1. The molecule has 0 bridgehead atoms. The Kier molecular flexibility index (Phi) is 5.37. The van der Waals surface area contributed by atoms with E-state index in [1.165, 1.54) is 13.3 Å². The van der Waals surface area contributed by atoms with E-state index in [9.17, 15) is 9.59 Å². The quantitative estimate of drug-likeness (QED) is 0.926. The topological polar surface area (TPSA) is 49.4 Å². The second-order valence-electron chi connectivity index (χ2n) is 5.80. The molecule has 4 heteroatoms. The van der Waals surface area contributed by atoms with Gasteiger partial charge in [0.1, 0.15) is 0 Å². The van der Waals surface area contributed by atoms with E-state index >= 15 is 0 Å². The van der Waals surface area contributed by atoms with Crippen molar-refractivity contribution in [2.24, 2.45) is 0 Å². The lowest BCUT2D eigenvalue weighted by molar-refractivity contribution is -0.135. The van der Waals surface area contributed by atoms with Crippen LogP contribution in [0.4, 0.5) is 0 Å². The molecule has 1 aromatic carbocycles. The van der Waals surface area contributed by atoms with Crippen LogP contribution >= 0.6 is 0 Å². The minimum atomic E-state index is -0.245. The van der Waals surface area contributed by atoms with Gasteiger partial charge in [0.05, 0.1) is 12.5 Å². The maximum absolute atomic E-state index is 12.5. The van der Waals surface area contributed by atoms with Crippen LogP contribution in [-0.4, -0.2) is 29.3 Å². The van der Waals surface area contributed by atoms with E-state index in [0.29, 0.717) is 12.5 Å². The Bertz CT molecular complexity index is 487. The van der Waals surface area contributed by atoms with E-state index in [1.54, 1.807) is 0 Å². The Labute approximate surface area is 126 Å². The molecule has 1 heterocycles. The summed E-state index contributed by atoms with van der Waals surface area (Å²) in [5.41, 5.74) is 0.978. The summed E-state index contributed by atoms with van der Waals surface area (Å²) in [5, 5.41) is 2.89. The summed E-state index contributed by atoms with van der Waals surface area (Å²) in [4.78, 5) is 25.9. The van der Waals surface area contributed by atoms with Gasteiger partial charge in [-0.05, 0) is 31.7 Å². The average molecular weight is 288 g/mol. The molecule has 114 valence electrons. The van der Waals surface area contributed by atoms with Crippen LogP contribution in [0.25, 0.3) is 0 Å². The second-order valence-corrected chi connectivity index (χ2v) is 5.80. The summed E-state index contributed by atoms with van der Waals surface area (Å²) in [6.45, 7) is 4.43. The van der Waals surface area contributed by atoms with Crippen LogP contribution in [0.15, 0.2) is 30.3 Å². The highest BCUT2D eigenvalue weighted by Gasteiger charge is 2.26. The van der Waals surface area contributed by atoms with Crippen LogP contribution in [0.1, 0.15) is 51.1 Å². The number of nitrogens with zero attached hydrogens (tertiary/aromatic N) is 1. The van der Waals surface area contributed by atoms with E-state index in [0.717, 1.165) is 24.9 Å². The summed E-state index contributed by atoms with van der Waals surface area (Å²) in [5.74, 6) is 0.0214. The Morgan fingerprint density at radius 3 is 2.62 bits per heavy atom. The van der Waals surface area contributed by atoms with Crippen LogP contribution in [0.5, 0.6) is 0 Å². The first-order valence-electron chi connectivity index (χ1n) is 7.69. The fourth-order valence-electron chi connectivity index (χ4n) is 2.94. The lowest BCUT2D eigenvalue weighted by atomic mass is 9.99. The molecule has 2 amide bonds. The van der Waals surface area contributed by atoms with Crippen LogP contribution in [-0.2, 0) is 9.59 Å². The summed E-state index contributed by atoms with van der Waals surface area (Å²) < 4.78 is 0. The van der Waals surface area contributed by atoms with Crippen LogP contribution in [0.2, 0.25) is 0 Å². The Hall–Kier alpha value is -1.84. The van der Waals surface area contributed by atoms with Crippen LogP contribution in [0.3, 0.4) is 0 Å². The van der Waals surface area contributed by atoms with Crippen molar-refractivity contribution in [1.29, 1.82) is 0 Å². The molecule has 21 heavy (non-hydrogen) atoms. The molecule has 1 N–H and O–H groups in total.